The lowest BCUT2D eigenvalue weighted by Crippen LogP contribution is -2.27. The lowest BCUT2D eigenvalue weighted by molar-refractivity contribution is -0.232. The highest BCUT2D eigenvalue weighted by Gasteiger charge is 2.33. The molecule has 1 aliphatic heterocycles. The molecule has 0 N–H and O–H groups in total. The van der Waals surface area contributed by atoms with Gasteiger partial charge in [0.15, 0.2) is 5.75 Å². The Hall–Kier alpha value is -0.610. The topological polar surface area (TPSA) is 40.1 Å². The normalized spacial score (nSPS) is 20.5. The molecule has 1 aromatic carbocycles. The largest absolute Gasteiger partial charge is 0.503 e. The maximum atomic E-state index is 10.6. The van der Waals surface area contributed by atoms with Crippen LogP contribution in [0.25, 0.3) is 0 Å². The molecule has 0 aliphatic carbocycles. The summed E-state index contributed by atoms with van der Waals surface area (Å²) in [5.74, 6) is 0.628. The van der Waals surface area contributed by atoms with E-state index in [4.69, 9.17) is 0 Å². The van der Waals surface area contributed by atoms with Crippen LogP contribution in [0.4, 0.5) is 4.79 Å². The summed E-state index contributed by atoms with van der Waals surface area (Å²) in [6.07, 6.45) is 0. The summed E-state index contributed by atoms with van der Waals surface area (Å²) >= 11 is 0. The predicted octanol–water partition coefficient (Wildman–Crippen LogP) is 1.17. The van der Waals surface area contributed by atoms with E-state index < -0.39 is 15.2 Å². The first-order chi connectivity index (χ1) is 5.77. The summed E-state index contributed by atoms with van der Waals surface area (Å²) in [5.41, 5.74) is 1.13. The van der Waals surface area contributed by atoms with Crippen molar-refractivity contribution in [1.29, 1.82) is 0 Å². The summed E-state index contributed by atoms with van der Waals surface area (Å²) in [6.45, 7) is 0. The number of carbonyl (C=O) groups is 1. The van der Waals surface area contributed by atoms with Crippen LogP contribution in [0.3, 0.4) is 0 Å². The first-order valence-electron chi connectivity index (χ1n) is 3.45. The molecule has 2 rings (SSSR count). The maximum Gasteiger partial charge on any atom is 0.287 e. The van der Waals surface area contributed by atoms with Crippen LogP contribution in [0.2, 0.25) is 0 Å². The minimum absolute atomic E-state index is 0.628. The van der Waals surface area contributed by atoms with Gasteiger partial charge >= 0.3 is 0 Å². The third-order valence-electron chi connectivity index (χ3n) is 1.64. The molecule has 0 radical (unpaired) electrons. The van der Waals surface area contributed by atoms with Crippen molar-refractivity contribution in [3.63, 3.8) is 0 Å². The summed E-state index contributed by atoms with van der Waals surface area (Å²) in [7, 11) is 0.757. The molecular formula is C8H6O2S2. The Kier molecular flexibility index (Phi) is 2.02. The summed E-state index contributed by atoms with van der Waals surface area (Å²) in [5, 5.41) is 9.62. The number of rotatable bonds is 0. The standard InChI is InChI=1S/C8H6O2S2/c9-8(10)12-5-6-3-1-2-4-7(6)11-12/h1-4H,5H2. The van der Waals surface area contributed by atoms with E-state index >= 15 is 0 Å². The van der Waals surface area contributed by atoms with Crippen molar-refractivity contribution in [2.75, 3.05) is 0 Å². The number of fused-ring (bicyclic) bond motifs is 1. The summed E-state index contributed by atoms with van der Waals surface area (Å²) < 4.78 is 0. The lowest BCUT2D eigenvalue weighted by atomic mass is 10.2. The maximum absolute atomic E-state index is 10.6. The molecule has 2 nitrogen and oxygen atoms in total. The first kappa shape index (κ1) is 8.01. The summed E-state index contributed by atoms with van der Waals surface area (Å²) in [6, 6.07) is 7.78. The number of hydrogen-bond acceptors (Lipinski definition) is 3. The molecule has 0 aromatic heterocycles. The molecule has 12 heavy (non-hydrogen) atoms. The predicted molar refractivity (Wildman–Crippen MR) is 48.8 cm³/mol. The van der Waals surface area contributed by atoms with Crippen molar-refractivity contribution in [1.82, 2.24) is 0 Å². The average Bonchev–Trinajstić information content (AvgIpc) is 2.46. The zero-order valence-electron chi connectivity index (χ0n) is 6.15. The van der Waals surface area contributed by atoms with E-state index in [-0.39, 0.29) is 0 Å². The number of hydrogen-bond donors (Lipinski definition) is 0. The van der Waals surface area contributed by atoms with E-state index in [9.17, 15) is 9.90 Å². The second-order valence-electron chi connectivity index (χ2n) is 2.43. The lowest BCUT2D eigenvalue weighted by Gasteiger charge is -1.93. The molecule has 0 fully saturated rings. The van der Waals surface area contributed by atoms with E-state index in [2.05, 4.69) is 0 Å². The quantitative estimate of drug-likeness (QED) is 0.464. The molecule has 4 heteroatoms. The number of carbonyl (C=O) groups excluding carboxylic acids is 1. The van der Waals surface area contributed by atoms with Crippen molar-refractivity contribution in [2.45, 2.75) is 10.6 Å². The Balaban J connectivity index is 2.27. The number of benzene rings is 1. The molecule has 1 atom stereocenters. The third-order valence-corrected chi connectivity index (χ3v) is 5.26. The monoisotopic (exact) mass is 198 g/mol. The molecular weight excluding hydrogens is 192 g/mol. The van der Waals surface area contributed by atoms with Crippen LogP contribution in [0.15, 0.2) is 29.2 Å². The van der Waals surface area contributed by atoms with Gasteiger partial charge in [-0.2, -0.15) is 0 Å². The molecule has 62 valence electrons. The highest BCUT2D eigenvalue weighted by molar-refractivity contribution is 8.79. The fraction of sp³-hybridized carbons (Fsp3) is 0.125. The van der Waals surface area contributed by atoms with Crippen LogP contribution < -0.4 is 5.11 Å². The van der Waals surface area contributed by atoms with Crippen molar-refractivity contribution in [3.8, 4) is 0 Å². The average molecular weight is 198 g/mol. The van der Waals surface area contributed by atoms with Crippen molar-refractivity contribution in [2.24, 2.45) is 0 Å². The van der Waals surface area contributed by atoms with Gasteiger partial charge in [0.2, 0.25) is 0 Å². The highest BCUT2D eigenvalue weighted by atomic mass is 33.1. The molecule has 1 aromatic rings. The molecule has 0 amide bonds. The van der Waals surface area contributed by atoms with Gasteiger partial charge in [-0.1, -0.05) is 18.2 Å². The van der Waals surface area contributed by atoms with Gasteiger partial charge in [0, 0.05) is 5.56 Å². The van der Waals surface area contributed by atoms with Gasteiger partial charge in [-0.05, 0) is 6.07 Å². The zero-order valence-corrected chi connectivity index (χ0v) is 7.78. The van der Waals surface area contributed by atoms with Crippen molar-refractivity contribution >= 4 is 26.0 Å². The number of carboxylic acid groups (broad SMARTS) is 1. The van der Waals surface area contributed by atoms with Crippen LogP contribution in [0.5, 0.6) is 0 Å². The van der Waals surface area contributed by atoms with Crippen LogP contribution in [0.1, 0.15) is 5.56 Å². The molecule has 1 aliphatic rings. The molecule has 1 unspecified atom stereocenters. The molecule has 0 saturated carbocycles. The fourth-order valence-corrected chi connectivity index (χ4v) is 4.44. The van der Waals surface area contributed by atoms with Gasteiger partial charge in [-0.3, -0.25) is 0 Å². The van der Waals surface area contributed by atoms with E-state index in [1.807, 2.05) is 24.3 Å². The van der Waals surface area contributed by atoms with E-state index in [1.165, 1.54) is 10.8 Å². The van der Waals surface area contributed by atoms with Crippen LogP contribution in [-0.2, 0) is 15.7 Å². The van der Waals surface area contributed by atoms with E-state index in [0.29, 0.717) is 5.75 Å². The zero-order chi connectivity index (χ0) is 8.55. The van der Waals surface area contributed by atoms with Gasteiger partial charge < -0.3 is 9.90 Å². The van der Waals surface area contributed by atoms with Crippen LogP contribution in [0, 0.1) is 0 Å². The Labute approximate surface area is 76.7 Å². The SMILES string of the molecule is O=C([O-])[S+]1Cc2ccccc2S1. The highest BCUT2D eigenvalue weighted by Crippen LogP contribution is 2.39. The second kappa shape index (κ2) is 3.03. The van der Waals surface area contributed by atoms with Gasteiger partial charge in [-0.15, -0.1) is 0 Å². The molecule has 1 heterocycles. The van der Waals surface area contributed by atoms with Gasteiger partial charge in [0.05, 0.1) is 4.90 Å². The van der Waals surface area contributed by atoms with E-state index in [0.717, 1.165) is 10.5 Å². The van der Waals surface area contributed by atoms with E-state index in [1.54, 1.807) is 0 Å². The Bertz CT molecular complexity index is 300. The van der Waals surface area contributed by atoms with Crippen molar-refractivity contribution in [3.05, 3.63) is 29.8 Å². The molecule has 0 saturated heterocycles. The van der Waals surface area contributed by atoms with Gasteiger partial charge in [-0.25, -0.2) is 0 Å². The fourth-order valence-electron chi connectivity index (χ4n) is 1.08. The van der Waals surface area contributed by atoms with Crippen molar-refractivity contribution < 1.29 is 9.90 Å². The van der Waals surface area contributed by atoms with Gasteiger partial charge in [0.25, 0.3) is 5.30 Å². The Morgan fingerprint density at radius 3 is 2.92 bits per heavy atom. The van der Waals surface area contributed by atoms with Crippen LogP contribution >= 0.6 is 10.8 Å². The van der Waals surface area contributed by atoms with Gasteiger partial charge in [0.1, 0.15) is 20.7 Å². The smallest absolute Gasteiger partial charge is 0.287 e. The Morgan fingerprint density at radius 2 is 2.25 bits per heavy atom. The second-order valence-corrected chi connectivity index (χ2v) is 6.06. The summed E-state index contributed by atoms with van der Waals surface area (Å²) in [4.78, 5) is 11.6. The Morgan fingerprint density at radius 1 is 1.50 bits per heavy atom. The minimum Gasteiger partial charge on any atom is -0.503 e. The molecule has 0 bridgehead atoms. The third kappa shape index (κ3) is 1.32. The molecule has 0 spiro atoms. The van der Waals surface area contributed by atoms with Crippen LogP contribution in [-0.4, -0.2) is 5.30 Å². The minimum atomic E-state index is -0.934. The first-order valence-corrected chi connectivity index (χ1v) is 6.18.